The standard InChI is InChI=1S/C9H11.ClH.Zn/c1-7-4-5-8(2)9(3)6-7;;/h5-6H,1-3H3;1H;/q-1;;+2/p-1. The van der Waals surface area contributed by atoms with Gasteiger partial charge in [-0.2, -0.15) is 34.9 Å². The van der Waals surface area contributed by atoms with Crippen LogP contribution in [0.2, 0.25) is 0 Å². The number of hydrogen-bond donors (Lipinski definition) is 0. The van der Waals surface area contributed by atoms with Crippen LogP contribution >= 0.6 is 9.69 Å². The van der Waals surface area contributed by atoms with E-state index in [-0.39, 0.29) is 0 Å². The molecule has 56 valence electrons. The van der Waals surface area contributed by atoms with Gasteiger partial charge in [-0.05, 0) is 0 Å². The molecule has 0 amide bonds. The van der Waals surface area contributed by atoms with E-state index in [0.29, 0.717) is 0 Å². The molecule has 0 aliphatic rings. The third kappa shape index (κ3) is 3.89. The molecule has 1 aromatic carbocycles. The Balaban J connectivity index is 0.000000461. The molecule has 0 atom stereocenters. The van der Waals surface area contributed by atoms with Crippen LogP contribution in [0, 0.1) is 26.8 Å². The van der Waals surface area contributed by atoms with Crippen LogP contribution in [-0.2, 0) is 17.3 Å². The molecule has 0 aliphatic carbocycles. The molecule has 0 spiro atoms. The van der Waals surface area contributed by atoms with Crippen molar-refractivity contribution in [1.82, 2.24) is 0 Å². The van der Waals surface area contributed by atoms with Crippen molar-refractivity contribution in [3.05, 3.63) is 34.9 Å². The van der Waals surface area contributed by atoms with Crippen LogP contribution in [-0.4, -0.2) is 0 Å². The predicted molar refractivity (Wildman–Crippen MR) is 45.3 cm³/mol. The molecule has 0 saturated heterocycles. The molecular formula is C9H11ClZn. The molecule has 0 N–H and O–H groups in total. The number of rotatable bonds is 0. The molecule has 0 unspecified atom stereocenters. The fourth-order valence-corrected chi connectivity index (χ4v) is 0.816. The Morgan fingerprint density at radius 2 is 1.73 bits per heavy atom. The van der Waals surface area contributed by atoms with Crippen LogP contribution in [0.25, 0.3) is 0 Å². The molecule has 0 nitrogen and oxygen atoms in total. The fourth-order valence-electron chi connectivity index (χ4n) is 0.816. The average Bonchev–Trinajstić information content (AvgIpc) is 2.02. The Morgan fingerprint density at radius 1 is 1.18 bits per heavy atom. The summed E-state index contributed by atoms with van der Waals surface area (Å²) in [6, 6.07) is 7.32. The van der Waals surface area contributed by atoms with E-state index >= 15 is 0 Å². The van der Waals surface area contributed by atoms with Gasteiger partial charge in [-0.1, -0.05) is 20.8 Å². The van der Waals surface area contributed by atoms with Gasteiger partial charge in [0, 0.05) is 0 Å². The number of hydrogen-bond acceptors (Lipinski definition) is 0. The van der Waals surface area contributed by atoms with E-state index in [0.717, 1.165) is 17.3 Å². The summed E-state index contributed by atoms with van der Waals surface area (Å²) in [5, 5.41) is 0. The minimum absolute atomic E-state index is 0.847. The summed E-state index contributed by atoms with van der Waals surface area (Å²) in [5.74, 6) is 0. The molecule has 1 aromatic rings. The predicted octanol–water partition coefficient (Wildman–Crippen LogP) is 3.10. The van der Waals surface area contributed by atoms with E-state index in [4.69, 9.17) is 9.69 Å². The fraction of sp³-hybridized carbons (Fsp3) is 0.333. The number of aryl methyl sites for hydroxylation is 3. The van der Waals surface area contributed by atoms with Gasteiger partial charge >= 0.3 is 27.0 Å². The summed E-state index contributed by atoms with van der Waals surface area (Å²) in [6.45, 7) is 6.29. The molecule has 0 radical (unpaired) electrons. The van der Waals surface area contributed by atoms with Gasteiger partial charge in [0.25, 0.3) is 0 Å². The number of benzene rings is 1. The zero-order chi connectivity index (χ0) is 8.85. The molecule has 11 heavy (non-hydrogen) atoms. The van der Waals surface area contributed by atoms with E-state index in [1.54, 1.807) is 0 Å². The topological polar surface area (TPSA) is 0 Å². The van der Waals surface area contributed by atoms with E-state index in [1.165, 1.54) is 16.7 Å². The maximum atomic E-state index is 4.76. The van der Waals surface area contributed by atoms with Crippen molar-refractivity contribution in [3.63, 3.8) is 0 Å². The number of halogens is 1. The second-order valence-electron chi connectivity index (χ2n) is 2.48. The van der Waals surface area contributed by atoms with Crippen molar-refractivity contribution in [2.75, 3.05) is 0 Å². The van der Waals surface area contributed by atoms with Gasteiger partial charge in [0.15, 0.2) is 0 Å². The van der Waals surface area contributed by atoms with Crippen LogP contribution in [0.1, 0.15) is 16.7 Å². The van der Waals surface area contributed by atoms with Crippen LogP contribution in [0.4, 0.5) is 0 Å². The zero-order valence-corrected chi connectivity index (χ0v) is 11.0. The van der Waals surface area contributed by atoms with Crippen LogP contribution in [0.15, 0.2) is 12.1 Å². The molecular weight excluding hydrogens is 209 g/mol. The second kappa shape index (κ2) is 5.74. The van der Waals surface area contributed by atoms with E-state index in [9.17, 15) is 0 Å². The second-order valence-corrected chi connectivity index (χ2v) is 2.48. The van der Waals surface area contributed by atoms with Crippen molar-refractivity contribution < 1.29 is 17.3 Å². The maximum absolute atomic E-state index is 4.76. The minimum atomic E-state index is 0.847. The first kappa shape index (κ1) is 11.1. The van der Waals surface area contributed by atoms with Crippen LogP contribution in [0.5, 0.6) is 0 Å². The van der Waals surface area contributed by atoms with Gasteiger partial charge < -0.3 is 0 Å². The summed E-state index contributed by atoms with van der Waals surface area (Å²) in [7, 11) is 4.76. The van der Waals surface area contributed by atoms with E-state index in [2.05, 4.69) is 32.9 Å². The summed E-state index contributed by atoms with van der Waals surface area (Å²) < 4.78 is 0. The SMILES string of the molecule is Cc1[c-]cc(C)c(C)c1.[Cl][Zn+]. The zero-order valence-electron chi connectivity index (χ0n) is 7.24. The first-order chi connectivity index (χ1) is 5.20. The quantitative estimate of drug-likeness (QED) is 0.465. The van der Waals surface area contributed by atoms with E-state index in [1.807, 2.05) is 6.07 Å². The van der Waals surface area contributed by atoms with Crippen LogP contribution < -0.4 is 0 Å². The summed E-state index contributed by atoms with van der Waals surface area (Å²) >= 11 is 0.847. The Bertz CT molecular complexity index is 221. The Morgan fingerprint density at radius 3 is 2.09 bits per heavy atom. The molecule has 0 heterocycles. The molecule has 0 fully saturated rings. The normalized spacial score (nSPS) is 8.55. The van der Waals surface area contributed by atoms with Gasteiger partial charge in [-0.25, -0.2) is 0 Å². The van der Waals surface area contributed by atoms with Crippen molar-refractivity contribution in [2.45, 2.75) is 20.8 Å². The third-order valence-electron chi connectivity index (χ3n) is 1.57. The molecule has 1 rings (SSSR count). The molecule has 0 aromatic heterocycles. The Hall–Kier alpha value is 0.133. The monoisotopic (exact) mass is 218 g/mol. The summed E-state index contributed by atoms with van der Waals surface area (Å²) in [5.41, 5.74) is 3.89. The van der Waals surface area contributed by atoms with Gasteiger partial charge in [0.2, 0.25) is 0 Å². The van der Waals surface area contributed by atoms with Gasteiger partial charge in [-0.3, -0.25) is 0 Å². The summed E-state index contributed by atoms with van der Waals surface area (Å²) in [6.07, 6.45) is 0. The van der Waals surface area contributed by atoms with Crippen molar-refractivity contribution in [1.29, 1.82) is 0 Å². The van der Waals surface area contributed by atoms with Gasteiger partial charge in [-0.15, -0.1) is 0 Å². The van der Waals surface area contributed by atoms with Gasteiger partial charge in [0.05, 0.1) is 0 Å². The first-order valence-electron chi connectivity index (χ1n) is 3.42. The molecule has 0 aliphatic heterocycles. The summed E-state index contributed by atoms with van der Waals surface area (Å²) in [4.78, 5) is 0. The Kier molecular flexibility index (Phi) is 5.81. The average molecular weight is 220 g/mol. The van der Waals surface area contributed by atoms with Crippen molar-refractivity contribution in [3.8, 4) is 0 Å². The third-order valence-corrected chi connectivity index (χ3v) is 1.57. The first-order valence-corrected chi connectivity index (χ1v) is 7.32. The molecule has 0 saturated carbocycles. The van der Waals surface area contributed by atoms with Crippen LogP contribution in [0.3, 0.4) is 0 Å². The van der Waals surface area contributed by atoms with Crippen molar-refractivity contribution in [2.24, 2.45) is 0 Å². The van der Waals surface area contributed by atoms with Gasteiger partial charge in [0.1, 0.15) is 0 Å². The Labute approximate surface area is 82.7 Å². The molecule has 2 heteroatoms. The van der Waals surface area contributed by atoms with E-state index < -0.39 is 0 Å². The van der Waals surface area contributed by atoms with Crippen molar-refractivity contribution >= 4 is 9.69 Å². The molecule has 0 bridgehead atoms.